The van der Waals surface area contributed by atoms with Gasteiger partial charge in [-0.05, 0) is 92.3 Å². The molecule has 0 spiro atoms. The predicted octanol–water partition coefficient (Wildman–Crippen LogP) is 3.75. The minimum Gasteiger partial charge on any atom is -0.393 e. The zero-order valence-corrected chi connectivity index (χ0v) is 13.7. The summed E-state index contributed by atoms with van der Waals surface area (Å²) in [5.74, 6) is 3.21. The van der Waals surface area contributed by atoms with Crippen molar-refractivity contribution in [2.24, 2.45) is 34.5 Å². The third kappa shape index (κ3) is 1.91. The molecule has 0 heterocycles. The molecule has 21 heavy (non-hydrogen) atoms. The Morgan fingerprint density at radius 1 is 0.762 bits per heavy atom. The molecule has 2 heteroatoms. The zero-order chi connectivity index (χ0) is 14.8. The lowest BCUT2D eigenvalue weighted by molar-refractivity contribution is -0.133. The summed E-state index contributed by atoms with van der Waals surface area (Å²) in [6, 6.07) is 0. The molecule has 1 unspecified atom stereocenters. The maximum atomic E-state index is 10.5. The molecule has 4 aliphatic carbocycles. The average Bonchev–Trinajstić information content (AvgIpc) is 2.76. The summed E-state index contributed by atoms with van der Waals surface area (Å²) in [5.41, 5.74) is 0.676. The second-order valence-electron chi connectivity index (χ2n) is 9.22. The normalized spacial score (nSPS) is 60.0. The van der Waals surface area contributed by atoms with Crippen LogP contribution in [0.2, 0.25) is 0 Å². The average molecular weight is 292 g/mol. The van der Waals surface area contributed by atoms with Gasteiger partial charge in [0.05, 0.1) is 12.2 Å². The van der Waals surface area contributed by atoms with Crippen molar-refractivity contribution >= 4 is 0 Å². The van der Waals surface area contributed by atoms with E-state index >= 15 is 0 Å². The van der Waals surface area contributed by atoms with Crippen LogP contribution in [-0.2, 0) is 0 Å². The van der Waals surface area contributed by atoms with E-state index in [1.807, 2.05) is 0 Å². The van der Waals surface area contributed by atoms with Crippen LogP contribution in [0.5, 0.6) is 0 Å². The third-order valence-corrected chi connectivity index (χ3v) is 8.59. The fourth-order valence-electron chi connectivity index (χ4n) is 7.21. The minimum absolute atomic E-state index is 0.0400. The summed E-state index contributed by atoms with van der Waals surface area (Å²) in [6.45, 7) is 4.90. The highest BCUT2D eigenvalue weighted by molar-refractivity contribution is 5.09. The maximum Gasteiger partial charge on any atom is 0.0596 e. The Bertz CT molecular complexity index is 422. The molecular formula is C19H32O2. The Balaban J connectivity index is 1.62. The monoisotopic (exact) mass is 292 g/mol. The molecule has 0 saturated heterocycles. The molecule has 4 fully saturated rings. The topological polar surface area (TPSA) is 40.5 Å². The van der Waals surface area contributed by atoms with Gasteiger partial charge in [-0.2, -0.15) is 0 Å². The van der Waals surface area contributed by atoms with Gasteiger partial charge in [-0.15, -0.1) is 0 Å². The highest BCUT2D eigenvalue weighted by Gasteiger charge is 2.59. The highest BCUT2D eigenvalue weighted by atomic mass is 16.3. The van der Waals surface area contributed by atoms with Gasteiger partial charge in [0, 0.05) is 0 Å². The van der Waals surface area contributed by atoms with Crippen LogP contribution in [0.15, 0.2) is 0 Å². The molecule has 0 bridgehead atoms. The van der Waals surface area contributed by atoms with E-state index in [1.54, 1.807) is 0 Å². The Morgan fingerprint density at radius 3 is 2.29 bits per heavy atom. The summed E-state index contributed by atoms with van der Waals surface area (Å²) in [6.07, 6.45) is 10.7. The molecule has 120 valence electrons. The Labute approximate surface area is 129 Å². The molecule has 0 aromatic carbocycles. The first-order valence-corrected chi connectivity index (χ1v) is 9.31. The van der Waals surface area contributed by atoms with Crippen molar-refractivity contribution in [3.63, 3.8) is 0 Å². The molecule has 4 saturated carbocycles. The number of rotatable bonds is 0. The number of hydrogen-bond acceptors (Lipinski definition) is 2. The predicted molar refractivity (Wildman–Crippen MR) is 83.7 cm³/mol. The second kappa shape index (κ2) is 4.71. The molecule has 4 rings (SSSR count). The number of fused-ring (bicyclic) bond motifs is 5. The van der Waals surface area contributed by atoms with E-state index in [0.717, 1.165) is 42.9 Å². The first-order chi connectivity index (χ1) is 9.95. The lowest BCUT2D eigenvalue weighted by Crippen LogP contribution is -2.54. The highest BCUT2D eigenvalue weighted by Crippen LogP contribution is 2.66. The second-order valence-corrected chi connectivity index (χ2v) is 9.22. The van der Waals surface area contributed by atoms with Gasteiger partial charge in [0.1, 0.15) is 0 Å². The van der Waals surface area contributed by atoms with Crippen LogP contribution in [0, 0.1) is 34.5 Å². The van der Waals surface area contributed by atoms with Crippen LogP contribution >= 0.6 is 0 Å². The summed E-state index contributed by atoms with van der Waals surface area (Å²) in [4.78, 5) is 0. The van der Waals surface area contributed by atoms with Crippen LogP contribution in [0.3, 0.4) is 0 Å². The quantitative estimate of drug-likeness (QED) is 0.714. The number of aliphatic hydroxyl groups excluding tert-OH is 2. The van der Waals surface area contributed by atoms with Gasteiger partial charge < -0.3 is 10.2 Å². The molecule has 0 radical (unpaired) electrons. The summed E-state index contributed by atoms with van der Waals surface area (Å²) in [7, 11) is 0. The van der Waals surface area contributed by atoms with Gasteiger partial charge in [0.25, 0.3) is 0 Å². The molecule has 4 aliphatic rings. The van der Waals surface area contributed by atoms with Crippen molar-refractivity contribution in [2.75, 3.05) is 0 Å². The van der Waals surface area contributed by atoms with Crippen molar-refractivity contribution in [1.82, 2.24) is 0 Å². The minimum atomic E-state index is -0.0536. The maximum absolute atomic E-state index is 10.5. The fraction of sp³-hybridized carbons (Fsp3) is 1.00. The molecule has 0 aromatic rings. The van der Waals surface area contributed by atoms with E-state index in [4.69, 9.17) is 0 Å². The molecule has 0 aromatic heterocycles. The van der Waals surface area contributed by atoms with E-state index in [1.165, 1.54) is 38.5 Å². The molecular weight excluding hydrogens is 260 g/mol. The fourth-order valence-corrected chi connectivity index (χ4v) is 7.21. The van der Waals surface area contributed by atoms with Crippen LogP contribution in [0.1, 0.15) is 71.6 Å². The van der Waals surface area contributed by atoms with Gasteiger partial charge >= 0.3 is 0 Å². The van der Waals surface area contributed by atoms with Crippen LogP contribution in [-0.4, -0.2) is 22.4 Å². The Kier molecular flexibility index (Phi) is 3.25. The van der Waals surface area contributed by atoms with Crippen molar-refractivity contribution in [2.45, 2.75) is 83.8 Å². The lowest BCUT2D eigenvalue weighted by atomic mass is 9.45. The van der Waals surface area contributed by atoms with Crippen LogP contribution in [0.25, 0.3) is 0 Å². The van der Waals surface area contributed by atoms with Crippen molar-refractivity contribution in [1.29, 1.82) is 0 Å². The number of aliphatic hydroxyl groups is 2. The van der Waals surface area contributed by atoms with Crippen molar-refractivity contribution < 1.29 is 10.2 Å². The standard InChI is InChI=1S/C19H32O2/c1-18-9-7-13(20)11-12(18)3-4-14-15-5-6-17(21)19(15,2)10-8-16(14)18/h12-17,20-21H,3-11H2,1-2H3/t12?,13-,14-,15-,16-,17-,18-,19-/m0/s1. The lowest BCUT2D eigenvalue weighted by Gasteiger charge is -2.60. The van der Waals surface area contributed by atoms with Gasteiger partial charge in [-0.25, -0.2) is 0 Å². The molecule has 2 nitrogen and oxygen atoms in total. The van der Waals surface area contributed by atoms with Crippen molar-refractivity contribution in [3.05, 3.63) is 0 Å². The smallest absolute Gasteiger partial charge is 0.0596 e. The van der Waals surface area contributed by atoms with Gasteiger partial charge in [-0.3, -0.25) is 0 Å². The van der Waals surface area contributed by atoms with Crippen LogP contribution in [0.4, 0.5) is 0 Å². The Morgan fingerprint density at radius 2 is 1.48 bits per heavy atom. The summed E-state index contributed by atoms with van der Waals surface area (Å²) >= 11 is 0. The first kappa shape index (κ1) is 14.5. The van der Waals surface area contributed by atoms with E-state index in [-0.39, 0.29) is 17.6 Å². The molecule has 0 amide bonds. The Hall–Kier alpha value is -0.0800. The first-order valence-electron chi connectivity index (χ1n) is 9.31. The van der Waals surface area contributed by atoms with Gasteiger partial charge in [0.15, 0.2) is 0 Å². The van der Waals surface area contributed by atoms with Gasteiger partial charge in [-0.1, -0.05) is 13.8 Å². The van der Waals surface area contributed by atoms with E-state index in [0.29, 0.717) is 5.41 Å². The van der Waals surface area contributed by atoms with Crippen molar-refractivity contribution in [3.8, 4) is 0 Å². The van der Waals surface area contributed by atoms with Crippen LogP contribution < -0.4 is 0 Å². The largest absolute Gasteiger partial charge is 0.393 e. The third-order valence-electron chi connectivity index (χ3n) is 8.59. The zero-order valence-electron chi connectivity index (χ0n) is 13.7. The van der Waals surface area contributed by atoms with E-state index < -0.39 is 0 Å². The van der Waals surface area contributed by atoms with E-state index in [9.17, 15) is 10.2 Å². The summed E-state index contributed by atoms with van der Waals surface area (Å²) in [5, 5.41) is 20.5. The van der Waals surface area contributed by atoms with Gasteiger partial charge in [0.2, 0.25) is 0 Å². The van der Waals surface area contributed by atoms with E-state index in [2.05, 4.69) is 13.8 Å². The molecule has 0 aliphatic heterocycles. The number of hydrogen-bond donors (Lipinski definition) is 2. The SMILES string of the molecule is C[C@]12CC[C@H]3[C@@H](CCC4C[C@@H](O)CC[C@@]43C)[C@@H]1CC[C@@H]2O. The molecule has 8 atom stereocenters. The summed E-state index contributed by atoms with van der Waals surface area (Å²) < 4.78 is 0. The molecule has 2 N–H and O–H groups in total.